The highest BCUT2D eigenvalue weighted by atomic mass is 35.5. The number of nitrogens with zero attached hydrogens (tertiary/aromatic N) is 2. The molecule has 5 nitrogen and oxygen atoms in total. The van der Waals surface area contributed by atoms with Crippen molar-refractivity contribution in [1.82, 2.24) is 4.90 Å². The van der Waals surface area contributed by atoms with E-state index in [9.17, 15) is 5.11 Å². The van der Waals surface area contributed by atoms with Gasteiger partial charge in [-0.1, -0.05) is 104 Å². The molecule has 6 heteroatoms. The van der Waals surface area contributed by atoms with Crippen LogP contribution in [0.25, 0.3) is 0 Å². The van der Waals surface area contributed by atoms with Crippen molar-refractivity contribution in [3.63, 3.8) is 0 Å². The van der Waals surface area contributed by atoms with Crippen molar-refractivity contribution in [3.05, 3.63) is 100 Å². The van der Waals surface area contributed by atoms with Gasteiger partial charge < -0.3 is 14.7 Å². The molecule has 1 aliphatic rings. The van der Waals surface area contributed by atoms with Crippen molar-refractivity contribution in [2.45, 2.75) is 70.9 Å². The monoisotopic (exact) mass is 576 g/mol. The zero-order valence-electron chi connectivity index (χ0n) is 24.6. The van der Waals surface area contributed by atoms with Crippen molar-refractivity contribution < 1.29 is 14.7 Å². The Morgan fingerprint density at radius 2 is 1.71 bits per heavy atom. The van der Waals surface area contributed by atoms with Crippen molar-refractivity contribution in [2.75, 3.05) is 26.8 Å². The van der Waals surface area contributed by atoms with E-state index >= 15 is 0 Å². The number of benzene rings is 3. The number of oxime groups is 1. The Morgan fingerprint density at radius 1 is 0.951 bits per heavy atom. The number of unbranched alkanes of at least 4 members (excludes halogenated alkanes) is 4. The van der Waals surface area contributed by atoms with Crippen LogP contribution in [0.2, 0.25) is 5.02 Å². The molecule has 3 aromatic rings. The predicted octanol–water partition coefficient (Wildman–Crippen LogP) is 8.42. The topological polar surface area (TPSA) is 54.3 Å². The maximum atomic E-state index is 10.7. The quantitative estimate of drug-likeness (QED) is 0.112. The first-order chi connectivity index (χ1) is 20.1. The van der Waals surface area contributed by atoms with Gasteiger partial charge in [0.2, 0.25) is 0 Å². The van der Waals surface area contributed by atoms with Crippen LogP contribution in [0.3, 0.4) is 0 Å². The summed E-state index contributed by atoms with van der Waals surface area (Å²) < 4.78 is 6.26. The third-order valence-electron chi connectivity index (χ3n) is 7.92. The van der Waals surface area contributed by atoms with E-state index in [-0.39, 0.29) is 6.10 Å². The number of hydrogen-bond acceptors (Lipinski definition) is 5. The molecular weight excluding hydrogens is 532 g/mol. The molecule has 1 N–H and O–H groups in total. The Hall–Kier alpha value is -2.86. The van der Waals surface area contributed by atoms with Crippen LogP contribution in [0.5, 0.6) is 5.75 Å². The van der Waals surface area contributed by atoms with Gasteiger partial charge in [-0.3, -0.25) is 4.90 Å². The van der Waals surface area contributed by atoms with E-state index in [4.69, 9.17) is 21.2 Å². The summed E-state index contributed by atoms with van der Waals surface area (Å²) in [5.74, 6) is 1.36. The van der Waals surface area contributed by atoms with Gasteiger partial charge in [0.25, 0.3) is 0 Å². The molecule has 1 aliphatic heterocycles. The summed E-state index contributed by atoms with van der Waals surface area (Å²) in [7, 11) is 1.55. The molecule has 0 saturated carbocycles. The first-order valence-corrected chi connectivity index (χ1v) is 15.5. The largest absolute Gasteiger partial charge is 0.493 e. The normalized spacial score (nSPS) is 15.6. The van der Waals surface area contributed by atoms with Crippen molar-refractivity contribution in [2.24, 2.45) is 11.1 Å². The number of rotatable bonds is 15. The number of halogens is 1. The fourth-order valence-corrected chi connectivity index (χ4v) is 5.62. The van der Waals surface area contributed by atoms with Crippen molar-refractivity contribution >= 4 is 17.3 Å². The molecule has 0 aliphatic carbocycles. The number of likely N-dealkylation sites (tertiary alicyclic amines) is 1. The van der Waals surface area contributed by atoms with E-state index in [1.165, 1.54) is 31.2 Å². The molecule has 0 amide bonds. The summed E-state index contributed by atoms with van der Waals surface area (Å²) in [5, 5.41) is 15.6. The van der Waals surface area contributed by atoms with E-state index in [1.54, 1.807) is 7.11 Å². The lowest BCUT2D eigenvalue weighted by atomic mass is 9.96. The van der Waals surface area contributed by atoms with E-state index in [0.29, 0.717) is 17.5 Å². The van der Waals surface area contributed by atoms with Gasteiger partial charge in [-0.2, -0.15) is 0 Å². The van der Waals surface area contributed by atoms with Crippen LogP contribution in [0.4, 0.5) is 0 Å². The maximum Gasteiger partial charge on any atom is 0.119 e. The van der Waals surface area contributed by atoms with Gasteiger partial charge in [0, 0.05) is 22.7 Å². The lowest BCUT2D eigenvalue weighted by Crippen LogP contribution is -2.35. The van der Waals surface area contributed by atoms with E-state index in [0.717, 1.165) is 73.5 Å². The minimum absolute atomic E-state index is 0.360. The molecule has 1 atom stereocenters. The zero-order valence-corrected chi connectivity index (χ0v) is 25.4. The Morgan fingerprint density at radius 3 is 2.46 bits per heavy atom. The molecule has 220 valence electrons. The lowest BCUT2D eigenvalue weighted by Gasteiger charge is -2.32. The second kappa shape index (κ2) is 16.5. The molecular formula is C35H45ClN2O3. The molecule has 0 aromatic heterocycles. The van der Waals surface area contributed by atoms with Crippen LogP contribution < -0.4 is 4.74 Å². The van der Waals surface area contributed by atoms with Gasteiger partial charge in [-0.15, -0.1) is 0 Å². The zero-order chi connectivity index (χ0) is 28.9. The Kier molecular flexibility index (Phi) is 12.5. The minimum atomic E-state index is -0.360. The van der Waals surface area contributed by atoms with E-state index in [1.807, 2.05) is 48.5 Å². The van der Waals surface area contributed by atoms with Gasteiger partial charge in [0.1, 0.15) is 18.6 Å². The van der Waals surface area contributed by atoms with Crippen LogP contribution in [-0.4, -0.2) is 42.5 Å². The van der Waals surface area contributed by atoms with Crippen LogP contribution in [0.1, 0.15) is 86.6 Å². The average Bonchev–Trinajstić information content (AvgIpc) is 3.00. The van der Waals surface area contributed by atoms with Gasteiger partial charge >= 0.3 is 0 Å². The Bertz CT molecular complexity index is 1220. The highest BCUT2D eigenvalue weighted by molar-refractivity contribution is 6.30. The third-order valence-corrected chi connectivity index (χ3v) is 8.18. The van der Waals surface area contributed by atoms with Gasteiger partial charge in [0.05, 0.1) is 12.7 Å². The molecule has 1 heterocycles. The minimum Gasteiger partial charge on any atom is -0.493 e. The number of piperidine rings is 1. The summed E-state index contributed by atoms with van der Waals surface area (Å²) in [5.41, 5.74) is 4.95. The van der Waals surface area contributed by atoms with Crippen LogP contribution in [-0.2, 0) is 11.4 Å². The van der Waals surface area contributed by atoms with Crippen molar-refractivity contribution in [1.29, 1.82) is 0 Å². The third kappa shape index (κ3) is 9.88. The Balaban J connectivity index is 1.24. The first-order valence-electron chi connectivity index (χ1n) is 15.1. The second-order valence-electron chi connectivity index (χ2n) is 11.2. The summed E-state index contributed by atoms with van der Waals surface area (Å²) in [6.07, 6.45) is 8.83. The smallest absolute Gasteiger partial charge is 0.119 e. The van der Waals surface area contributed by atoms with E-state index in [2.05, 4.69) is 41.2 Å². The lowest BCUT2D eigenvalue weighted by molar-refractivity contribution is 0.136. The fourth-order valence-electron chi connectivity index (χ4n) is 5.49. The second-order valence-corrected chi connectivity index (χ2v) is 11.6. The van der Waals surface area contributed by atoms with Crippen LogP contribution >= 0.6 is 11.6 Å². The molecule has 1 saturated heterocycles. The molecule has 0 bridgehead atoms. The highest BCUT2D eigenvalue weighted by Gasteiger charge is 2.20. The predicted molar refractivity (Wildman–Crippen MR) is 169 cm³/mol. The highest BCUT2D eigenvalue weighted by Crippen LogP contribution is 2.25. The van der Waals surface area contributed by atoms with Gasteiger partial charge in [0.15, 0.2) is 0 Å². The summed E-state index contributed by atoms with van der Waals surface area (Å²) in [6.45, 7) is 5.98. The standard InChI is InChI=1S/C35H45ClN2O3/c1-3-4-5-6-7-14-34(39)30-11-8-10-28(23-30)25-38-21-19-27(20-22-38)26-41-33-13-9-12-31(24-33)35(37-40-2)29-15-17-32(36)18-16-29/h8-13,15-18,23-24,27,34,39H,3-7,14,19-22,25-26H2,1-2H3/b37-35-/t34-/m1/s1. The van der Waals surface area contributed by atoms with Crippen LogP contribution in [0, 0.1) is 5.92 Å². The summed E-state index contributed by atoms with van der Waals surface area (Å²) in [6, 6.07) is 24.2. The first kappa shape index (κ1) is 31.1. The van der Waals surface area contributed by atoms with Crippen LogP contribution in [0.15, 0.2) is 78.0 Å². The number of ether oxygens (including phenoxy) is 1. The van der Waals surface area contributed by atoms with Gasteiger partial charge in [-0.05, 0) is 73.7 Å². The maximum absolute atomic E-state index is 10.7. The molecule has 41 heavy (non-hydrogen) atoms. The number of aliphatic hydroxyl groups excluding tert-OH is 1. The molecule has 0 radical (unpaired) electrons. The van der Waals surface area contributed by atoms with Crippen molar-refractivity contribution in [3.8, 4) is 5.75 Å². The van der Waals surface area contributed by atoms with Gasteiger partial charge in [-0.25, -0.2) is 0 Å². The average molecular weight is 577 g/mol. The molecule has 0 unspecified atom stereocenters. The number of hydrogen-bond donors (Lipinski definition) is 1. The number of aliphatic hydroxyl groups is 1. The Labute approximate surface area is 251 Å². The summed E-state index contributed by atoms with van der Waals surface area (Å²) in [4.78, 5) is 7.65. The SMILES string of the molecule is CCCCCCC[C@@H](O)c1cccc(CN2CCC(COc3cccc(/C(=N\OC)c4ccc(Cl)cc4)c3)CC2)c1. The fraction of sp³-hybridized carbons (Fsp3) is 0.457. The molecule has 1 fully saturated rings. The summed E-state index contributed by atoms with van der Waals surface area (Å²) >= 11 is 6.07. The molecule has 3 aromatic carbocycles. The van der Waals surface area contributed by atoms with E-state index < -0.39 is 0 Å². The molecule has 0 spiro atoms. The molecule has 4 rings (SSSR count).